The normalized spacial score (nSPS) is 13.4. The van der Waals surface area contributed by atoms with Gasteiger partial charge in [0.15, 0.2) is 0 Å². The second-order valence-corrected chi connectivity index (χ2v) is 11.3. The molecule has 3 amide bonds. The van der Waals surface area contributed by atoms with E-state index < -0.39 is 47.9 Å². The second-order valence-electron chi connectivity index (χ2n) is 11.3. The van der Waals surface area contributed by atoms with Gasteiger partial charge in [0.05, 0.1) is 6.04 Å². The number of nitrogens with zero attached hydrogens (tertiary/aromatic N) is 1. The first kappa shape index (κ1) is 33.6. The Balaban J connectivity index is 1.57. The molecule has 4 atom stereocenters. The molecule has 5 N–H and O–H groups in total. The van der Waals surface area contributed by atoms with Crippen LogP contribution < -0.4 is 16.4 Å². The highest BCUT2D eigenvalue weighted by Crippen LogP contribution is 2.14. The average molecular weight is 621 g/mol. The van der Waals surface area contributed by atoms with Crippen LogP contribution in [0.2, 0.25) is 0 Å². The fourth-order valence-corrected chi connectivity index (χ4v) is 5.25. The monoisotopic (exact) mass is 620 g/mol. The van der Waals surface area contributed by atoms with Crippen LogP contribution in [0.25, 0.3) is 0 Å². The van der Waals surface area contributed by atoms with Crippen molar-refractivity contribution in [2.75, 3.05) is 7.05 Å². The predicted octanol–water partition coefficient (Wildman–Crippen LogP) is 3.17. The van der Waals surface area contributed by atoms with Crippen molar-refractivity contribution >= 4 is 23.7 Å². The van der Waals surface area contributed by atoms with E-state index in [0.29, 0.717) is 0 Å². The molecule has 4 aromatic carbocycles. The van der Waals surface area contributed by atoms with Crippen LogP contribution in [0, 0.1) is 0 Å². The molecule has 0 saturated carbocycles. The van der Waals surface area contributed by atoms with Gasteiger partial charge in [-0.25, -0.2) is 4.79 Å². The Labute approximate surface area is 269 Å². The molecule has 0 aliphatic heterocycles. The molecule has 0 unspecified atom stereocenters. The highest BCUT2D eigenvalue weighted by atomic mass is 16.4. The summed E-state index contributed by atoms with van der Waals surface area (Å²) in [7, 11) is 1.43. The van der Waals surface area contributed by atoms with Crippen LogP contribution in [0.15, 0.2) is 121 Å². The number of carboxylic acid groups (broad SMARTS) is 1. The Bertz CT molecular complexity index is 1570. The molecule has 46 heavy (non-hydrogen) atoms. The fourth-order valence-electron chi connectivity index (χ4n) is 5.25. The van der Waals surface area contributed by atoms with E-state index in [1.54, 1.807) is 24.3 Å². The van der Waals surface area contributed by atoms with Crippen LogP contribution in [-0.4, -0.2) is 64.9 Å². The zero-order chi connectivity index (χ0) is 32.9. The highest BCUT2D eigenvalue weighted by Gasteiger charge is 2.34. The molecule has 0 bridgehead atoms. The Kier molecular flexibility index (Phi) is 12.2. The number of likely N-dealkylation sites (N-methyl/N-ethyl adjacent to an activating group) is 1. The quantitative estimate of drug-likeness (QED) is 0.161. The molecule has 9 heteroatoms. The number of hydrogen-bond donors (Lipinski definition) is 4. The number of nitrogens with one attached hydrogen (secondary N) is 2. The van der Waals surface area contributed by atoms with Gasteiger partial charge in [-0.1, -0.05) is 121 Å². The number of aliphatic carboxylic acids is 1. The summed E-state index contributed by atoms with van der Waals surface area (Å²) in [5, 5.41) is 15.7. The Morgan fingerprint density at radius 2 is 0.957 bits per heavy atom. The number of rotatable bonds is 15. The smallest absolute Gasteiger partial charge is 0.326 e. The summed E-state index contributed by atoms with van der Waals surface area (Å²) in [6.07, 6.45) is 0.651. The van der Waals surface area contributed by atoms with Gasteiger partial charge in [-0.3, -0.25) is 14.4 Å². The van der Waals surface area contributed by atoms with E-state index in [1.165, 1.54) is 11.9 Å². The maximum atomic E-state index is 14.0. The first-order chi connectivity index (χ1) is 22.2. The number of carbonyl (C=O) groups is 4. The minimum absolute atomic E-state index is 0.0937. The number of nitrogens with two attached hydrogens (primary N) is 1. The summed E-state index contributed by atoms with van der Waals surface area (Å²) in [6, 6.07) is 32.5. The number of benzene rings is 4. The lowest BCUT2D eigenvalue weighted by molar-refractivity contribution is -0.150. The average Bonchev–Trinajstić information content (AvgIpc) is 3.07. The molecule has 0 aliphatic carbocycles. The first-order valence-electron chi connectivity index (χ1n) is 15.2. The van der Waals surface area contributed by atoms with Crippen LogP contribution in [0.3, 0.4) is 0 Å². The lowest BCUT2D eigenvalue weighted by Gasteiger charge is -2.30. The van der Waals surface area contributed by atoms with Crippen LogP contribution in [0.5, 0.6) is 0 Å². The van der Waals surface area contributed by atoms with Gasteiger partial charge in [0.2, 0.25) is 17.7 Å². The second kappa shape index (κ2) is 16.7. The highest BCUT2D eigenvalue weighted by molar-refractivity contribution is 5.94. The summed E-state index contributed by atoms with van der Waals surface area (Å²) in [5.74, 6) is -2.81. The summed E-state index contributed by atoms with van der Waals surface area (Å²) >= 11 is 0. The summed E-state index contributed by atoms with van der Waals surface area (Å²) in [5.41, 5.74) is 9.47. The van der Waals surface area contributed by atoms with Gasteiger partial charge >= 0.3 is 5.97 Å². The van der Waals surface area contributed by atoms with Crippen molar-refractivity contribution in [3.63, 3.8) is 0 Å². The number of amides is 3. The first-order valence-corrected chi connectivity index (χ1v) is 15.2. The lowest BCUT2D eigenvalue weighted by Crippen LogP contribution is -2.58. The maximum absolute atomic E-state index is 14.0. The summed E-state index contributed by atoms with van der Waals surface area (Å²) in [6.45, 7) is 0. The third-order valence-corrected chi connectivity index (χ3v) is 7.82. The molecule has 9 nitrogen and oxygen atoms in total. The molecule has 4 aromatic rings. The van der Waals surface area contributed by atoms with Gasteiger partial charge in [-0.2, -0.15) is 0 Å². The topological polar surface area (TPSA) is 142 Å². The van der Waals surface area contributed by atoms with Crippen molar-refractivity contribution in [2.24, 2.45) is 5.73 Å². The van der Waals surface area contributed by atoms with Gasteiger partial charge < -0.3 is 26.4 Å². The van der Waals surface area contributed by atoms with Crippen LogP contribution in [0.4, 0.5) is 0 Å². The van der Waals surface area contributed by atoms with Gasteiger partial charge in [-0.05, 0) is 28.7 Å². The number of carboxylic acids is 1. The zero-order valence-corrected chi connectivity index (χ0v) is 25.8. The number of carbonyl (C=O) groups excluding carboxylic acids is 3. The van der Waals surface area contributed by atoms with E-state index in [2.05, 4.69) is 10.6 Å². The number of hydrogen-bond acceptors (Lipinski definition) is 5. The van der Waals surface area contributed by atoms with Crippen molar-refractivity contribution in [2.45, 2.75) is 49.9 Å². The molecule has 0 aliphatic rings. The van der Waals surface area contributed by atoms with E-state index in [1.807, 2.05) is 97.1 Å². The molecule has 0 heterocycles. The van der Waals surface area contributed by atoms with Crippen molar-refractivity contribution in [1.82, 2.24) is 15.5 Å². The zero-order valence-electron chi connectivity index (χ0n) is 25.8. The fraction of sp³-hybridized carbons (Fsp3) is 0.243. The Morgan fingerprint density at radius 1 is 0.587 bits per heavy atom. The largest absolute Gasteiger partial charge is 0.480 e. The molecule has 0 aromatic heterocycles. The van der Waals surface area contributed by atoms with Crippen LogP contribution in [-0.2, 0) is 44.9 Å². The van der Waals surface area contributed by atoms with E-state index in [4.69, 9.17) is 5.73 Å². The Morgan fingerprint density at radius 3 is 1.39 bits per heavy atom. The van der Waals surface area contributed by atoms with Crippen molar-refractivity contribution in [3.8, 4) is 0 Å². The maximum Gasteiger partial charge on any atom is 0.326 e. The van der Waals surface area contributed by atoms with Gasteiger partial charge in [0.25, 0.3) is 0 Å². The van der Waals surface area contributed by atoms with Crippen molar-refractivity contribution in [1.29, 1.82) is 0 Å². The SMILES string of the molecule is CN(C(=O)[C@H](Cc1ccccc1)NC(=O)[C@H](Cc1ccccc1)NC(=O)[C@@H](N)Cc1ccccc1)[C@@H](Cc1ccccc1)C(=O)O. The standard InChI is InChI=1S/C37H40N4O5/c1-41(33(37(45)46)25-29-20-12-5-13-21-29)36(44)32(24-28-18-10-4-11-19-28)40-35(43)31(23-27-16-8-3-9-17-27)39-34(42)30(38)22-26-14-6-2-7-15-26/h2-21,30-33H,22-25,38H2,1H3,(H,39,42)(H,40,43)(H,45,46)/t30-,31-,32-,33-/m0/s1. The van der Waals surface area contributed by atoms with E-state index in [9.17, 15) is 24.3 Å². The molecule has 238 valence electrons. The van der Waals surface area contributed by atoms with E-state index in [-0.39, 0.29) is 25.7 Å². The van der Waals surface area contributed by atoms with Gasteiger partial charge in [0.1, 0.15) is 18.1 Å². The minimum Gasteiger partial charge on any atom is -0.480 e. The van der Waals surface area contributed by atoms with E-state index in [0.717, 1.165) is 22.3 Å². The van der Waals surface area contributed by atoms with Crippen LogP contribution in [0.1, 0.15) is 22.3 Å². The van der Waals surface area contributed by atoms with Crippen molar-refractivity contribution in [3.05, 3.63) is 144 Å². The summed E-state index contributed by atoms with van der Waals surface area (Å²) in [4.78, 5) is 54.7. The molecular weight excluding hydrogens is 580 g/mol. The van der Waals surface area contributed by atoms with Gasteiger partial charge in [-0.15, -0.1) is 0 Å². The third kappa shape index (κ3) is 9.87. The van der Waals surface area contributed by atoms with Gasteiger partial charge in [0, 0.05) is 26.3 Å². The summed E-state index contributed by atoms with van der Waals surface area (Å²) < 4.78 is 0. The molecular formula is C37H40N4O5. The van der Waals surface area contributed by atoms with Crippen molar-refractivity contribution < 1.29 is 24.3 Å². The third-order valence-electron chi connectivity index (χ3n) is 7.82. The predicted molar refractivity (Wildman–Crippen MR) is 177 cm³/mol. The minimum atomic E-state index is -1.17. The Hall–Kier alpha value is -5.28. The molecule has 0 fully saturated rings. The molecule has 0 saturated heterocycles. The van der Waals surface area contributed by atoms with Crippen LogP contribution >= 0.6 is 0 Å². The van der Waals surface area contributed by atoms with E-state index >= 15 is 0 Å². The molecule has 4 rings (SSSR count). The lowest BCUT2D eigenvalue weighted by atomic mass is 10.00. The molecule has 0 radical (unpaired) electrons. The molecule has 0 spiro atoms.